The highest BCUT2D eigenvalue weighted by Gasteiger charge is 2.38. The number of ether oxygens (including phenoxy) is 1. The minimum absolute atomic E-state index is 0.0329. The van der Waals surface area contributed by atoms with E-state index in [-0.39, 0.29) is 12.6 Å². The molecular formula is C25H25F3N2O2. The molecule has 1 aliphatic rings. The normalized spacial score (nSPS) is 17.7. The molecule has 1 aliphatic carbocycles. The van der Waals surface area contributed by atoms with E-state index < -0.39 is 12.1 Å². The number of nitrogens with zero attached hydrogens (tertiary/aromatic N) is 1. The Morgan fingerprint density at radius 1 is 1.19 bits per heavy atom. The van der Waals surface area contributed by atoms with E-state index in [0.29, 0.717) is 18.7 Å². The van der Waals surface area contributed by atoms with Gasteiger partial charge in [-0.25, -0.2) is 4.85 Å². The molecule has 0 saturated heterocycles. The van der Waals surface area contributed by atoms with Gasteiger partial charge in [0.2, 0.25) is 0 Å². The second-order valence-corrected chi connectivity index (χ2v) is 7.80. The summed E-state index contributed by atoms with van der Waals surface area (Å²) in [6, 6.07) is 15.5. The smallest absolute Gasteiger partial charge is 0.373 e. The van der Waals surface area contributed by atoms with Crippen molar-refractivity contribution < 1.29 is 22.7 Å². The van der Waals surface area contributed by atoms with Crippen molar-refractivity contribution in [2.24, 2.45) is 0 Å². The van der Waals surface area contributed by atoms with Gasteiger partial charge in [0, 0.05) is 6.54 Å². The quantitative estimate of drug-likeness (QED) is 0.308. The Kier molecular flexibility index (Phi) is 8.07. The molecule has 1 amide bonds. The van der Waals surface area contributed by atoms with E-state index in [1.165, 1.54) is 0 Å². The number of alkyl halides is 3. The molecule has 0 radical (unpaired) electrons. The van der Waals surface area contributed by atoms with Crippen molar-refractivity contribution in [2.45, 2.75) is 51.0 Å². The molecule has 168 valence electrons. The van der Waals surface area contributed by atoms with Gasteiger partial charge >= 0.3 is 12.1 Å². The Balaban J connectivity index is 1.50. The molecule has 0 aliphatic heterocycles. The van der Waals surface area contributed by atoms with Crippen LogP contribution in [0.25, 0.3) is 16.0 Å². The van der Waals surface area contributed by atoms with Gasteiger partial charge in [0.05, 0.1) is 19.3 Å². The third kappa shape index (κ3) is 6.96. The third-order valence-corrected chi connectivity index (χ3v) is 5.36. The number of rotatable bonds is 7. The van der Waals surface area contributed by atoms with Gasteiger partial charge in [0.25, 0.3) is 0 Å². The van der Waals surface area contributed by atoms with Gasteiger partial charge in [-0.15, -0.1) is 0 Å². The Morgan fingerprint density at radius 3 is 2.69 bits per heavy atom. The summed E-state index contributed by atoms with van der Waals surface area (Å²) in [5.41, 5.74) is 4.82. The highest BCUT2D eigenvalue weighted by atomic mass is 19.4. The lowest BCUT2D eigenvalue weighted by Crippen LogP contribution is -2.37. The molecule has 0 spiro atoms. The molecule has 0 aromatic heterocycles. The number of halogens is 3. The van der Waals surface area contributed by atoms with Gasteiger partial charge in [0.15, 0.2) is 5.69 Å². The van der Waals surface area contributed by atoms with E-state index in [1.54, 1.807) is 6.07 Å². The molecule has 0 bridgehead atoms. The van der Waals surface area contributed by atoms with Crippen molar-refractivity contribution in [1.29, 1.82) is 0 Å². The molecular weight excluding hydrogens is 417 g/mol. The fraction of sp³-hybridized carbons (Fsp3) is 0.360. The average molecular weight is 442 g/mol. The number of carbonyl (C=O) groups is 1. The first-order valence-corrected chi connectivity index (χ1v) is 10.6. The van der Waals surface area contributed by atoms with Crippen LogP contribution in [0.4, 0.5) is 18.9 Å². The lowest BCUT2D eigenvalue weighted by Gasteiger charge is -2.25. The molecule has 1 saturated carbocycles. The fourth-order valence-electron chi connectivity index (χ4n) is 3.75. The summed E-state index contributed by atoms with van der Waals surface area (Å²) in [5, 5.41) is 1.89. The van der Waals surface area contributed by atoms with Crippen molar-refractivity contribution in [3.63, 3.8) is 0 Å². The maximum atomic E-state index is 12.2. The van der Waals surface area contributed by atoms with Crippen LogP contribution in [0.1, 0.15) is 37.7 Å². The Hall–Kier alpha value is -3.11. The Labute approximate surface area is 185 Å². The summed E-state index contributed by atoms with van der Waals surface area (Å²) < 4.78 is 42.7. The molecule has 2 aromatic carbocycles. The Bertz CT molecular complexity index is 1010. The van der Waals surface area contributed by atoms with Crippen LogP contribution in [0, 0.1) is 6.57 Å². The summed E-state index contributed by atoms with van der Waals surface area (Å²) >= 11 is 0. The zero-order chi connectivity index (χ0) is 23.0. The number of nitrogens with one attached hydrogen (secondary N) is 1. The van der Waals surface area contributed by atoms with E-state index in [2.05, 4.69) is 10.9 Å². The van der Waals surface area contributed by atoms with Crippen LogP contribution in [0.3, 0.4) is 0 Å². The van der Waals surface area contributed by atoms with E-state index >= 15 is 0 Å². The lowest BCUT2D eigenvalue weighted by atomic mass is 9.91. The van der Waals surface area contributed by atoms with E-state index in [1.807, 2.05) is 47.8 Å². The van der Waals surface area contributed by atoms with Crippen LogP contribution in [-0.2, 0) is 16.1 Å². The molecule has 1 N–H and O–H groups in total. The third-order valence-electron chi connectivity index (χ3n) is 5.36. The molecule has 32 heavy (non-hydrogen) atoms. The number of benzene rings is 2. The highest BCUT2D eigenvalue weighted by molar-refractivity contribution is 5.81. The van der Waals surface area contributed by atoms with Crippen molar-refractivity contribution in [1.82, 2.24) is 5.32 Å². The first-order chi connectivity index (χ1) is 15.3. The minimum atomic E-state index is -4.84. The first-order valence-electron chi connectivity index (χ1n) is 10.6. The van der Waals surface area contributed by atoms with Gasteiger partial charge < -0.3 is 10.1 Å². The summed E-state index contributed by atoms with van der Waals surface area (Å²) in [7, 11) is 0. The van der Waals surface area contributed by atoms with Gasteiger partial charge in [0.1, 0.15) is 0 Å². The Morgan fingerprint density at radius 2 is 1.94 bits per heavy atom. The molecule has 0 heterocycles. The van der Waals surface area contributed by atoms with E-state index in [9.17, 15) is 18.0 Å². The number of amides is 1. The number of carbonyl (C=O) groups excluding carboxylic acids is 1. The number of hydrogen-bond acceptors (Lipinski definition) is 2. The van der Waals surface area contributed by atoms with Gasteiger partial charge in [-0.3, -0.25) is 4.79 Å². The van der Waals surface area contributed by atoms with E-state index in [4.69, 9.17) is 11.3 Å². The largest absolute Gasteiger partial charge is 0.471 e. The molecule has 1 unspecified atom stereocenters. The highest BCUT2D eigenvalue weighted by Crippen LogP contribution is 2.28. The zero-order valence-electron chi connectivity index (χ0n) is 17.6. The predicted molar refractivity (Wildman–Crippen MR) is 117 cm³/mol. The molecule has 2 aromatic rings. The van der Waals surface area contributed by atoms with Crippen LogP contribution < -0.4 is 5.32 Å². The molecule has 1 fully saturated rings. The summed E-state index contributed by atoms with van der Waals surface area (Å²) in [6.45, 7) is 7.61. The van der Waals surface area contributed by atoms with Crippen molar-refractivity contribution >= 4 is 11.6 Å². The summed E-state index contributed by atoms with van der Waals surface area (Å²) in [5.74, 6) is -1.90. The maximum Gasteiger partial charge on any atom is 0.471 e. The van der Waals surface area contributed by atoms with E-state index in [0.717, 1.165) is 47.9 Å². The van der Waals surface area contributed by atoms with Gasteiger partial charge in [-0.2, -0.15) is 13.2 Å². The summed E-state index contributed by atoms with van der Waals surface area (Å²) in [6.07, 6.45) is 1.07. The molecule has 4 nitrogen and oxygen atoms in total. The maximum absolute atomic E-state index is 12.2. The predicted octanol–water partition coefficient (Wildman–Crippen LogP) is 6.36. The van der Waals surface area contributed by atoms with Crippen molar-refractivity contribution in [2.75, 3.05) is 6.54 Å². The average Bonchev–Trinajstić information content (AvgIpc) is 2.80. The van der Waals surface area contributed by atoms with Crippen LogP contribution in [-0.4, -0.2) is 24.7 Å². The zero-order valence-corrected chi connectivity index (χ0v) is 17.6. The van der Waals surface area contributed by atoms with Crippen LogP contribution >= 0.6 is 0 Å². The second-order valence-electron chi connectivity index (χ2n) is 7.80. The first kappa shape index (κ1) is 23.6. The number of hydrogen-bond donors (Lipinski definition) is 1. The van der Waals surface area contributed by atoms with Crippen LogP contribution in [0.5, 0.6) is 0 Å². The lowest BCUT2D eigenvalue weighted by molar-refractivity contribution is -0.173. The second kappa shape index (κ2) is 11.0. The monoisotopic (exact) mass is 442 g/mol. The van der Waals surface area contributed by atoms with Crippen LogP contribution in [0.2, 0.25) is 0 Å². The van der Waals surface area contributed by atoms with Crippen LogP contribution in [0.15, 0.2) is 60.2 Å². The summed E-state index contributed by atoms with van der Waals surface area (Å²) in [4.78, 5) is 14.3. The fourth-order valence-corrected chi connectivity index (χ4v) is 3.75. The SMILES string of the molecule is [C-]#[N+]c1cccc(-c2cccc(COC3CCC/C(=C\CCNC(=O)C(F)(F)F)C3)c2)c1. The topological polar surface area (TPSA) is 42.7 Å². The minimum Gasteiger partial charge on any atom is -0.373 e. The van der Waals surface area contributed by atoms with Gasteiger partial charge in [-0.05, 0) is 60.9 Å². The molecule has 7 heteroatoms. The van der Waals surface area contributed by atoms with Crippen molar-refractivity contribution in [3.8, 4) is 11.1 Å². The molecule has 3 rings (SSSR count). The standard InChI is InChI=1S/C25H25F3N2O2/c1-29-22-11-4-10-21(16-22)20-9-2-7-19(14-20)17-32-23-12-3-6-18(15-23)8-5-13-30-24(31)25(26,27)28/h2,4,7-11,14,16,23H,3,5-6,12-13,15,17H2,(H,30,31)/b18-8+. The van der Waals surface area contributed by atoms with Crippen molar-refractivity contribution in [3.05, 3.63) is 77.2 Å². The molecule has 1 atom stereocenters. The van der Waals surface area contributed by atoms with Gasteiger partial charge in [-0.1, -0.05) is 48.0 Å².